The second-order valence-electron chi connectivity index (χ2n) is 35.9. The molecule has 12 atom stereocenters. The smallest absolute Gasteiger partial charge is 0.408 e. The Kier molecular flexibility index (Phi) is 40.8. The van der Waals surface area contributed by atoms with Crippen LogP contribution in [0.5, 0.6) is 0 Å². The number of carbonyl (C=O) groups excluding carboxylic acids is 16. The number of hydrogen-bond donors (Lipinski definition) is 15. The zero-order valence-corrected chi connectivity index (χ0v) is 74.6. The molecule has 0 aliphatic heterocycles. The van der Waals surface area contributed by atoms with Crippen LogP contribution < -0.4 is 79.8 Å². The summed E-state index contributed by atoms with van der Waals surface area (Å²) in [7, 11) is 1.18. The fraction of sp³-hybridized carbons (Fsp3) is 0.732. The quantitative estimate of drug-likeness (QED) is 0.0415. The van der Waals surface area contributed by atoms with E-state index in [1.807, 2.05) is 20.8 Å². The number of rotatable bonds is 45. The monoisotopic (exact) mass is 1640 g/mol. The van der Waals surface area contributed by atoms with Gasteiger partial charge in [0.15, 0.2) is 0 Å². The SMILES string of the molecule is CC[C@H](C)[C@H](NC(=O)[C@@H](NC(=O)[C@@H](NC(=O)C(C)(C)NC(=O)CNC(=O)[C@@H](NC(=O)C(C)(C)NC(=O)[C@H](CC(C)C)NC(=O)OC(C)(C)C)C(C)C)C(C)C)C(C)C)C(=O)NC(C)(C)C(=O)N[C@H](C(=O)N[C@H](C(=O)NC(C)(C)C(=O)N[C@H](C(=O)N[C@H](C(=O)NC(C)(C)C(=O)OC)[C@@H](C)CC)C(C)C)C(C)C)[C@@H](C)OCc1ccccc1. The topological polar surface area (TPSA) is 481 Å². The molecule has 0 heterocycles. The first-order valence-corrected chi connectivity index (χ1v) is 40.1. The van der Waals surface area contributed by atoms with Crippen molar-refractivity contribution >= 4 is 94.8 Å². The molecule has 15 amide bonds. The standard InChI is InChI=1S/C82H141N15O19/c1-32-48(15)59(87-64(101)55(44(7)8)85-65(102)56(45(9)10)90-71(108)78(21,22)93-53(98)40-83-63(100)54(43(5)6)89-72(109)79(23,24)94-62(99)52(39-42(3)4)84-76(113)116-77(18,19)20)69(106)96-81(27,28)74(111)92-61(50(17)115-41-51-37-35-34-36-38-51)67(104)86-58(47(13)14)68(105)95-80(25,26)73(110)91-57(46(11)12)66(103)88-60(49(16)33-2)70(107)97-82(29,30)75(112)114-31/h34-38,42-50,52,54-61H,32-33,39-41H2,1-31H3,(H,83,100)(H,84,113)(H,85,102)(H,86,104)(H,87,101)(H,88,103)(H,89,109)(H,90,108)(H,91,110)(H,92,111)(H,93,98)(H,94,99)(H,95,105)(H,96,106)(H,97,107)/t48-,49-,50+,52-,54-,55-,56-,57-,58-,59-,60-,61-/m0/s1. The van der Waals surface area contributed by atoms with Gasteiger partial charge in [0.05, 0.1) is 26.4 Å². The molecule has 0 aliphatic rings. The second-order valence-corrected chi connectivity index (χ2v) is 35.9. The minimum Gasteiger partial charge on any atom is -0.467 e. The van der Waals surface area contributed by atoms with Crippen LogP contribution in [0.2, 0.25) is 0 Å². The Bertz CT molecular complexity index is 3570. The van der Waals surface area contributed by atoms with Crippen molar-refractivity contribution in [2.75, 3.05) is 13.7 Å². The number of alkyl carbamates (subject to hydrolysis) is 1. The molecule has 1 aromatic rings. The summed E-state index contributed by atoms with van der Waals surface area (Å²) in [6, 6.07) is -2.67. The number of nitrogens with one attached hydrogen (secondary N) is 15. The van der Waals surface area contributed by atoms with Gasteiger partial charge in [0.25, 0.3) is 0 Å². The lowest BCUT2D eigenvalue weighted by atomic mass is 9.94. The number of carbonyl (C=O) groups is 16. The van der Waals surface area contributed by atoms with Crippen molar-refractivity contribution in [2.45, 2.75) is 327 Å². The van der Waals surface area contributed by atoms with E-state index in [0.717, 1.165) is 0 Å². The first-order valence-electron chi connectivity index (χ1n) is 40.1. The molecular weight excluding hydrogens is 1500 g/mol. The third-order valence-electron chi connectivity index (χ3n) is 19.5. The van der Waals surface area contributed by atoms with Gasteiger partial charge in [0.1, 0.15) is 87.7 Å². The number of esters is 1. The summed E-state index contributed by atoms with van der Waals surface area (Å²) in [5.41, 5.74) is -8.54. The van der Waals surface area contributed by atoms with Crippen molar-refractivity contribution in [1.82, 2.24) is 79.8 Å². The van der Waals surface area contributed by atoms with Crippen LogP contribution in [0.3, 0.4) is 0 Å². The lowest BCUT2D eigenvalue weighted by Crippen LogP contribution is -2.66. The van der Waals surface area contributed by atoms with Crippen molar-refractivity contribution in [3.8, 4) is 0 Å². The molecule has 0 saturated heterocycles. The molecule has 34 nitrogen and oxygen atoms in total. The van der Waals surface area contributed by atoms with Crippen LogP contribution in [0.25, 0.3) is 0 Å². The van der Waals surface area contributed by atoms with Gasteiger partial charge in [-0.25, -0.2) is 9.59 Å². The third-order valence-corrected chi connectivity index (χ3v) is 19.5. The number of amides is 15. The molecule has 0 bridgehead atoms. The van der Waals surface area contributed by atoms with Gasteiger partial charge >= 0.3 is 12.1 Å². The van der Waals surface area contributed by atoms with Crippen molar-refractivity contribution in [2.24, 2.45) is 47.3 Å². The van der Waals surface area contributed by atoms with Gasteiger partial charge < -0.3 is 94.0 Å². The van der Waals surface area contributed by atoms with E-state index in [-0.39, 0.29) is 18.9 Å². The molecule has 0 aromatic heterocycles. The van der Waals surface area contributed by atoms with Crippen molar-refractivity contribution in [1.29, 1.82) is 0 Å². The summed E-state index contributed by atoms with van der Waals surface area (Å²) < 4.78 is 16.4. The van der Waals surface area contributed by atoms with Gasteiger partial charge in [-0.05, 0) is 156 Å². The largest absolute Gasteiger partial charge is 0.467 e. The summed E-state index contributed by atoms with van der Waals surface area (Å²) in [6.45, 7) is 47.0. The van der Waals surface area contributed by atoms with Gasteiger partial charge in [-0.15, -0.1) is 0 Å². The van der Waals surface area contributed by atoms with E-state index >= 15 is 0 Å². The van der Waals surface area contributed by atoms with Crippen molar-refractivity contribution < 1.29 is 90.9 Å². The zero-order chi connectivity index (χ0) is 90.0. The van der Waals surface area contributed by atoms with Crippen LogP contribution in [0.4, 0.5) is 4.79 Å². The summed E-state index contributed by atoms with van der Waals surface area (Å²) in [5.74, 6) is -15.9. The van der Waals surface area contributed by atoms with E-state index in [2.05, 4.69) is 79.8 Å². The highest BCUT2D eigenvalue weighted by Gasteiger charge is 2.45. The second kappa shape index (κ2) is 45.3. The van der Waals surface area contributed by atoms with E-state index in [0.29, 0.717) is 18.4 Å². The lowest BCUT2D eigenvalue weighted by molar-refractivity contribution is -0.150. The molecule has 1 rings (SSSR count). The van der Waals surface area contributed by atoms with Crippen LogP contribution in [-0.2, 0) is 92.7 Å². The maximum absolute atomic E-state index is 14.8. The number of methoxy groups -OCH3 is 1. The molecule has 15 N–H and O–H groups in total. The lowest BCUT2D eigenvalue weighted by Gasteiger charge is -2.35. The van der Waals surface area contributed by atoms with Crippen LogP contribution >= 0.6 is 0 Å². The zero-order valence-electron chi connectivity index (χ0n) is 74.6. The minimum atomic E-state index is -1.86. The predicted molar refractivity (Wildman–Crippen MR) is 438 cm³/mol. The van der Waals surface area contributed by atoms with Crippen molar-refractivity contribution in [3.05, 3.63) is 35.9 Å². The van der Waals surface area contributed by atoms with Gasteiger partial charge in [-0.1, -0.05) is 154 Å². The van der Waals surface area contributed by atoms with E-state index in [1.54, 1.807) is 141 Å². The molecule has 34 heteroatoms. The summed E-state index contributed by atoms with van der Waals surface area (Å²) in [6.07, 6.45) is -0.970. The van der Waals surface area contributed by atoms with Crippen LogP contribution in [0.1, 0.15) is 233 Å². The number of hydrogen-bond acceptors (Lipinski definition) is 19. The highest BCUT2D eigenvalue weighted by Crippen LogP contribution is 2.21. The van der Waals surface area contributed by atoms with Gasteiger partial charge in [-0.2, -0.15) is 0 Å². The van der Waals surface area contributed by atoms with Gasteiger partial charge in [0.2, 0.25) is 82.7 Å². The fourth-order valence-corrected chi connectivity index (χ4v) is 11.5. The molecule has 0 unspecified atom stereocenters. The van der Waals surface area contributed by atoms with E-state index < -0.39 is 237 Å². The Hall–Kier alpha value is -9.50. The third kappa shape index (κ3) is 33.6. The minimum absolute atomic E-state index is 0.0314. The summed E-state index contributed by atoms with van der Waals surface area (Å²) in [4.78, 5) is 223. The number of benzene rings is 1. The maximum Gasteiger partial charge on any atom is 0.408 e. The van der Waals surface area contributed by atoms with Crippen LogP contribution in [0, 0.1) is 47.3 Å². The molecule has 658 valence electrons. The van der Waals surface area contributed by atoms with Crippen LogP contribution in [0.15, 0.2) is 30.3 Å². The Morgan fingerprint density at radius 1 is 0.353 bits per heavy atom. The molecule has 0 radical (unpaired) electrons. The molecule has 0 saturated carbocycles. The molecule has 0 spiro atoms. The summed E-state index contributed by atoms with van der Waals surface area (Å²) >= 11 is 0. The molecule has 0 aliphatic carbocycles. The van der Waals surface area contributed by atoms with Gasteiger partial charge in [-0.3, -0.25) is 67.1 Å². The first-order chi connectivity index (χ1) is 53.0. The van der Waals surface area contributed by atoms with Gasteiger partial charge in [0, 0.05) is 0 Å². The fourth-order valence-electron chi connectivity index (χ4n) is 11.5. The van der Waals surface area contributed by atoms with Crippen LogP contribution in [-0.4, -0.2) is 202 Å². The molecule has 116 heavy (non-hydrogen) atoms. The average molecular weight is 1640 g/mol. The molecular formula is C82H141N15O19. The molecule has 0 fully saturated rings. The normalized spacial score (nSPS) is 15.3. The maximum atomic E-state index is 14.8. The summed E-state index contributed by atoms with van der Waals surface area (Å²) in [5, 5.41) is 40.0. The van der Waals surface area contributed by atoms with E-state index in [9.17, 15) is 76.7 Å². The predicted octanol–water partition coefficient (Wildman–Crippen LogP) is 3.54. The Balaban J connectivity index is 3.45. The number of ether oxygens (including phenoxy) is 3. The van der Waals surface area contributed by atoms with E-state index in [4.69, 9.17) is 14.2 Å². The highest BCUT2D eigenvalue weighted by atomic mass is 16.6. The van der Waals surface area contributed by atoms with E-state index in [1.165, 1.54) is 83.3 Å². The average Bonchev–Trinajstić information content (AvgIpc) is 0.824. The first kappa shape index (κ1) is 105. The Morgan fingerprint density at radius 2 is 0.664 bits per heavy atom. The Labute approximate surface area is 686 Å². The highest BCUT2D eigenvalue weighted by molar-refractivity contribution is 6.02. The molecule has 1 aromatic carbocycles. The Morgan fingerprint density at radius 3 is 1.02 bits per heavy atom. The van der Waals surface area contributed by atoms with Crippen molar-refractivity contribution in [3.63, 3.8) is 0 Å².